The Hall–Kier alpha value is -4.35. The van der Waals surface area contributed by atoms with Crippen molar-refractivity contribution in [3.8, 4) is 11.5 Å². The van der Waals surface area contributed by atoms with Gasteiger partial charge in [0.2, 0.25) is 6.79 Å². The predicted molar refractivity (Wildman–Crippen MR) is 162 cm³/mol. The van der Waals surface area contributed by atoms with Crippen molar-refractivity contribution < 1.29 is 47.2 Å². The van der Waals surface area contributed by atoms with Crippen molar-refractivity contribution in [2.75, 3.05) is 33.7 Å². The average molecular weight is 626 g/mol. The number of ether oxygens (including phenoxy) is 6. The number of Topliss-reactive ketones (excluding diaryl/α,β-unsaturated/α-hetero) is 1. The van der Waals surface area contributed by atoms with E-state index in [1.54, 1.807) is 32.9 Å². The van der Waals surface area contributed by atoms with E-state index < -0.39 is 36.5 Å². The van der Waals surface area contributed by atoms with Crippen LogP contribution in [-0.2, 0) is 41.6 Å². The molecule has 0 saturated heterocycles. The van der Waals surface area contributed by atoms with Gasteiger partial charge in [-0.3, -0.25) is 9.59 Å². The van der Waals surface area contributed by atoms with Crippen molar-refractivity contribution >= 4 is 17.7 Å². The van der Waals surface area contributed by atoms with Gasteiger partial charge in [0, 0.05) is 31.2 Å². The molecule has 1 heterocycles. The third-order valence-electron chi connectivity index (χ3n) is 6.91. The van der Waals surface area contributed by atoms with Crippen LogP contribution in [0.1, 0.15) is 48.8 Å². The van der Waals surface area contributed by atoms with Crippen molar-refractivity contribution in [3.63, 3.8) is 0 Å². The normalized spacial score (nSPS) is 12.9. The van der Waals surface area contributed by atoms with E-state index in [0.29, 0.717) is 19.6 Å². The summed E-state index contributed by atoms with van der Waals surface area (Å²) < 4.78 is 46.1. The largest absolute Gasteiger partial charge is 0.493 e. The number of pyridine rings is 1. The van der Waals surface area contributed by atoms with Crippen molar-refractivity contribution in [2.45, 2.75) is 46.3 Å². The molecule has 45 heavy (non-hydrogen) atoms. The Kier molecular flexibility index (Phi) is 14.4. The minimum absolute atomic E-state index is 0.0157. The topological polar surface area (TPSA) is 119 Å². The Morgan fingerprint density at radius 3 is 2.36 bits per heavy atom. The number of methoxy groups -OCH3 is 1. The lowest BCUT2D eigenvalue weighted by atomic mass is 9.95. The fourth-order valence-corrected chi connectivity index (χ4v) is 4.35. The number of carbonyl (C=O) groups excluding carboxylic acids is 3. The zero-order chi connectivity index (χ0) is 32.6. The number of ketones is 1. The molecule has 0 fully saturated rings. The fourth-order valence-electron chi connectivity index (χ4n) is 4.35. The minimum atomic E-state index is -0.818. The minimum Gasteiger partial charge on any atom is -0.493 e. The molecule has 11 heteroatoms. The molecule has 1 aromatic heterocycles. The lowest BCUT2D eigenvalue weighted by molar-refractivity contribution is -0.157. The van der Waals surface area contributed by atoms with E-state index in [0.717, 1.165) is 11.1 Å². The van der Waals surface area contributed by atoms with Gasteiger partial charge >= 0.3 is 11.9 Å². The second-order valence-corrected chi connectivity index (χ2v) is 10.4. The Bertz CT molecular complexity index is 1370. The van der Waals surface area contributed by atoms with Crippen LogP contribution in [0.25, 0.3) is 0 Å². The molecule has 0 aliphatic carbocycles. The van der Waals surface area contributed by atoms with Gasteiger partial charge in [0.25, 0.3) is 0 Å². The number of benzene rings is 2. The Morgan fingerprint density at radius 1 is 0.933 bits per heavy atom. The van der Waals surface area contributed by atoms with Gasteiger partial charge in [-0.05, 0) is 43.5 Å². The maximum absolute atomic E-state index is 13.5. The van der Waals surface area contributed by atoms with E-state index in [-0.39, 0.29) is 48.6 Å². The van der Waals surface area contributed by atoms with Crippen LogP contribution in [0.5, 0.6) is 11.5 Å². The molecule has 0 aliphatic rings. The number of halogens is 1. The fraction of sp³-hybridized carbons (Fsp3) is 0.412. The Labute approximate surface area is 262 Å². The lowest BCUT2D eigenvalue weighted by Gasteiger charge is -2.25. The maximum Gasteiger partial charge on any atom is 0.334 e. The zero-order valence-electron chi connectivity index (χ0n) is 26.0. The molecular formula is C34H40FNO9. The number of esters is 2. The van der Waals surface area contributed by atoms with Gasteiger partial charge in [-0.15, -0.1) is 0 Å². The van der Waals surface area contributed by atoms with Crippen LogP contribution in [-0.4, -0.2) is 62.5 Å². The highest BCUT2D eigenvalue weighted by Gasteiger charge is 2.28. The van der Waals surface area contributed by atoms with E-state index in [9.17, 15) is 18.8 Å². The van der Waals surface area contributed by atoms with E-state index >= 15 is 0 Å². The number of nitrogens with zero attached hydrogens (tertiary/aromatic N) is 1. The molecule has 0 amide bonds. The van der Waals surface area contributed by atoms with E-state index in [1.165, 1.54) is 31.5 Å². The van der Waals surface area contributed by atoms with E-state index in [2.05, 4.69) is 4.98 Å². The highest BCUT2D eigenvalue weighted by Crippen LogP contribution is 2.31. The highest BCUT2D eigenvalue weighted by atomic mass is 19.1. The van der Waals surface area contributed by atoms with E-state index in [4.69, 9.17) is 28.4 Å². The lowest BCUT2D eigenvalue weighted by Crippen LogP contribution is -2.32. The number of hydrogen-bond acceptors (Lipinski definition) is 10. The van der Waals surface area contributed by atoms with Crippen LogP contribution in [0.3, 0.4) is 0 Å². The molecule has 0 bridgehead atoms. The predicted octanol–water partition coefficient (Wildman–Crippen LogP) is 5.36. The van der Waals surface area contributed by atoms with Crippen LogP contribution in [0, 0.1) is 17.7 Å². The summed E-state index contributed by atoms with van der Waals surface area (Å²) in [5.74, 6) is -2.90. The molecule has 0 radical (unpaired) electrons. The maximum atomic E-state index is 13.5. The first-order chi connectivity index (χ1) is 21.7. The average Bonchev–Trinajstić information content (AvgIpc) is 3.04. The summed E-state index contributed by atoms with van der Waals surface area (Å²) in [4.78, 5) is 42.3. The summed E-state index contributed by atoms with van der Waals surface area (Å²) in [6.45, 7) is 5.39. The van der Waals surface area contributed by atoms with Gasteiger partial charge in [0.15, 0.2) is 23.0 Å². The van der Waals surface area contributed by atoms with Gasteiger partial charge < -0.3 is 28.4 Å². The van der Waals surface area contributed by atoms with Crippen LogP contribution < -0.4 is 9.47 Å². The molecule has 10 nitrogen and oxygen atoms in total. The van der Waals surface area contributed by atoms with Crippen molar-refractivity contribution in [1.29, 1.82) is 0 Å². The molecule has 2 aromatic carbocycles. The van der Waals surface area contributed by atoms with Gasteiger partial charge in [-0.25, -0.2) is 14.2 Å². The smallest absolute Gasteiger partial charge is 0.334 e. The zero-order valence-corrected chi connectivity index (χ0v) is 26.0. The monoisotopic (exact) mass is 625 g/mol. The Balaban J connectivity index is 1.63. The number of rotatable bonds is 19. The second-order valence-electron chi connectivity index (χ2n) is 10.4. The number of hydrogen-bond donors (Lipinski definition) is 0. The summed E-state index contributed by atoms with van der Waals surface area (Å²) in [5.41, 5.74) is 1.80. The van der Waals surface area contributed by atoms with Crippen molar-refractivity contribution in [2.24, 2.45) is 11.8 Å². The van der Waals surface area contributed by atoms with Crippen molar-refractivity contribution in [1.82, 2.24) is 4.98 Å². The van der Waals surface area contributed by atoms with Gasteiger partial charge in [0.1, 0.15) is 18.5 Å². The SMILES string of the molecule is CCOCC(=O)OCOc1c(OC)ccnc1C(=O)C[C@@H](C)C(=O)O[C@@H](C)[C@@H](COCc1ccccc1)Cc1ccc(F)cc1. The van der Waals surface area contributed by atoms with Crippen LogP contribution in [0.15, 0.2) is 66.9 Å². The van der Waals surface area contributed by atoms with Crippen LogP contribution >= 0.6 is 0 Å². The summed E-state index contributed by atoms with van der Waals surface area (Å²) in [7, 11) is 1.39. The summed E-state index contributed by atoms with van der Waals surface area (Å²) in [6.07, 6.45) is 1.07. The van der Waals surface area contributed by atoms with Crippen LogP contribution in [0.4, 0.5) is 4.39 Å². The van der Waals surface area contributed by atoms with Gasteiger partial charge in [0.05, 0.1) is 26.2 Å². The molecule has 0 spiro atoms. The molecule has 0 saturated carbocycles. The Morgan fingerprint density at radius 2 is 1.67 bits per heavy atom. The molecule has 3 aromatic rings. The first-order valence-electron chi connectivity index (χ1n) is 14.7. The number of aromatic nitrogens is 1. The second kappa shape index (κ2) is 18.5. The number of carbonyl (C=O) groups is 3. The molecule has 242 valence electrons. The molecule has 0 aliphatic heterocycles. The summed E-state index contributed by atoms with van der Waals surface area (Å²) in [6, 6.07) is 17.3. The first kappa shape index (κ1) is 35.1. The van der Waals surface area contributed by atoms with Gasteiger partial charge in [-0.1, -0.05) is 49.4 Å². The highest BCUT2D eigenvalue weighted by molar-refractivity contribution is 5.99. The molecule has 0 unspecified atom stereocenters. The van der Waals surface area contributed by atoms with Gasteiger partial charge in [-0.2, -0.15) is 0 Å². The van der Waals surface area contributed by atoms with Crippen molar-refractivity contribution in [3.05, 3.63) is 89.5 Å². The first-order valence-corrected chi connectivity index (χ1v) is 14.7. The third kappa shape index (κ3) is 11.6. The summed E-state index contributed by atoms with van der Waals surface area (Å²) >= 11 is 0. The molecular weight excluding hydrogens is 585 g/mol. The third-order valence-corrected chi connectivity index (χ3v) is 6.91. The quantitative estimate of drug-likeness (QED) is 0.0978. The molecule has 0 N–H and O–H groups in total. The molecule has 3 atom stereocenters. The van der Waals surface area contributed by atoms with Crippen LogP contribution in [0.2, 0.25) is 0 Å². The van der Waals surface area contributed by atoms with E-state index in [1.807, 2.05) is 30.3 Å². The molecule has 3 rings (SSSR count). The standard InChI is InChI=1S/C34H40FNO9/c1-5-41-21-31(38)43-22-44-33-30(40-4)15-16-36-32(33)29(37)17-23(2)34(39)45-24(3)27(18-25-11-13-28(35)14-12-25)20-42-19-26-9-7-6-8-10-26/h6-16,23-24,27H,5,17-22H2,1-4H3/t23-,24+,27-/m1/s1. The summed E-state index contributed by atoms with van der Waals surface area (Å²) in [5, 5.41) is 0.